The lowest BCUT2D eigenvalue weighted by atomic mass is 10.0. The molecular weight excluding hydrogens is 452 g/mol. The smallest absolute Gasteiger partial charge is 0.236 e. The number of likely N-dealkylation sites (tertiary alicyclic amines) is 2. The lowest BCUT2D eigenvalue weighted by Gasteiger charge is -2.38. The van der Waals surface area contributed by atoms with E-state index in [1.54, 1.807) is 11.0 Å². The number of carbonyl (C=O) groups is 1. The molecule has 1 aromatic carbocycles. The zero-order valence-corrected chi connectivity index (χ0v) is 21.2. The van der Waals surface area contributed by atoms with Gasteiger partial charge in [0.25, 0.3) is 0 Å². The van der Waals surface area contributed by atoms with E-state index in [0.717, 1.165) is 62.7 Å². The SMILES string of the molecule is Cn1ncc2c(N3CCN(C(=O)CN4CCCC4C4CCCN4Cc4ccccc4)CC3)ncnc21. The van der Waals surface area contributed by atoms with Crippen LogP contribution in [0.5, 0.6) is 0 Å². The van der Waals surface area contributed by atoms with Crippen LogP contribution in [-0.4, -0.2) is 98.3 Å². The monoisotopic (exact) mass is 488 g/mol. The summed E-state index contributed by atoms with van der Waals surface area (Å²) in [5.74, 6) is 1.18. The summed E-state index contributed by atoms with van der Waals surface area (Å²) in [5.41, 5.74) is 2.22. The van der Waals surface area contributed by atoms with Gasteiger partial charge < -0.3 is 9.80 Å². The molecule has 5 heterocycles. The highest BCUT2D eigenvalue weighted by molar-refractivity contribution is 5.87. The lowest BCUT2D eigenvalue weighted by Crippen LogP contribution is -2.53. The number of amides is 1. The number of hydrogen-bond acceptors (Lipinski definition) is 7. The summed E-state index contributed by atoms with van der Waals surface area (Å²) < 4.78 is 1.78. The van der Waals surface area contributed by atoms with Crippen LogP contribution >= 0.6 is 0 Å². The van der Waals surface area contributed by atoms with Gasteiger partial charge >= 0.3 is 0 Å². The van der Waals surface area contributed by atoms with Crippen LogP contribution in [-0.2, 0) is 18.4 Å². The zero-order chi connectivity index (χ0) is 24.5. The van der Waals surface area contributed by atoms with Crippen LogP contribution in [0.3, 0.4) is 0 Å². The Balaban J connectivity index is 1.06. The van der Waals surface area contributed by atoms with Crippen LogP contribution in [0, 0.1) is 0 Å². The Labute approximate surface area is 212 Å². The fourth-order valence-corrected chi connectivity index (χ4v) is 6.43. The predicted molar refractivity (Wildman–Crippen MR) is 140 cm³/mol. The minimum absolute atomic E-state index is 0.267. The molecule has 0 N–H and O–H groups in total. The van der Waals surface area contributed by atoms with Gasteiger partial charge in [-0.1, -0.05) is 30.3 Å². The van der Waals surface area contributed by atoms with Crippen LogP contribution < -0.4 is 4.90 Å². The minimum Gasteiger partial charge on any atom is -0.352 e. The van der Waals surface area contributed by atoms with Gasteiger partial charge in [-0.15, -0.1) is 0 Å². The maximum atomic E-state index is 13.4. The number of fused-ring (bicyclic) bond motifs is 1. The number of benzene rings is 1. The molecule has 190 valence electrons. The molecule has 2 aromatic heterocycles. The highest BCUT2D eigenvalue weighted by Gasteiger charge is 2.39. The summed E-state index contributed by atoms with van der Waals surface area (Å²) in [6.07, 6.45) is 8.32. The van der Waals surface area contributed by atoms with Gasteiger partial charge in [0, 0.05) is 51.9 Å². The first kappa shape index (κ1) is 23.4. The van der Waals surface area contributed by atoms with Crippen LogP contribution in [0.1, 0.15) is 31.2 Å². The molecular formula is C27H36N8O. The Morgan fingerprint density at radius 2 is 1.64 bits per heavy atom. The normalized spacial score (nSPS) is 23.7. The number of aryl methyl sites for hydroxylation is 1. The molecule has 9 nitrogen and oxygen atoms in total. The molecule has 3 aromatic rings. The van der Waals surface area contributed by atoms with Crippen LogP contribution in [0.2, 0.25) is 0 Å². The van der Waals surface area contributed by atoms with Crippen molar-refractivity contribution in [2.45, 2.75) is 44.3 Å². The van der Waals surface area contributed by atoms with Gasteiger partial charge in [-0.3, -0.25) is 19.3 Å². The van der Waals surface area contributed by atoms with Crippen molar-refractivity contribution in [3.05, 3.63) is 48.4 Å². The first-order chi connectivity index (χ1) is 17.7. The first-order valence-corrected chi connectivity index (χ1v) is 13.3. The number of anilines is 1. The Hall–Kier alpha value is -3.04. The maximum Gasteiger partial charge on any atom is 0.236 e. The number of hydrogen-bond donors (Lipinski definition) is 0. The zero-order valence-electron chi connectivity index (χ0n) is 21.2. The van der Waals surface area contributed by atoms with E-state index in [4.69, 9.17) is 0 Å². The summed E-state index contributed by atoms with van der Waals surface area (Å²) in [4.78, 5) is 31.7. The van der Waals surface area contributed by atoms with Gasteiger partial charge in [0.05, 0.1) is 18.1 Å². The lowest BCUT2D eigenvalue weighted by molar-refractivity contribution is -0.133. The molecule has 3 fully saturated rings. The molecule has 1 amide bonds. The molecule has 0 saturated carbocycles. The molecule has 0 radical (unpaired) electrons. The van der Waals surface area contributed by atoms with E-state index in [1.165, 1.54) is 31.2 Å². The van der Waals surface area contributed by atoms with Crippen LogP contribution in [0.25, 0.3) is 11.0 Å². The fraction of sp³-hybridized carbons (Fsp3) is 0.556. The van der Waals surface area contributed by atoms with Crippen molar-refractivity contribution in [2.24, 2.45) is 7.05 Å². The molecule has 36 heavy (non-hydrogen) atoms. The predicted octanol–water partition coefficient (Wildman–Crippen LogP) is 2.14. The van der Waals surface area contributed by atoms with E-state index in [2.05, 4.69) is 60.1 Å². The molecule has 6 rings (SSSR count). The number of nitrogens with zero attached hydrogens (tertiary/aromatic N) is 8. The fourth-order valence-electron chi connectivity index (χ4n) is 6.43. The topological polar surface area (TPSA) is 73.6 Å². The van der Waals surface area contributed by atoms with Crippen molar-refractivity contribution < 1.29 is 4.79 Å². The second-order valence-corrected chi connectivity index (χ2v) is 10.4. The number of piperazine rings is 1. The van der Waals surface area contributed by atoms with E-state index in [1.807, 2.05) is 18.1 Å². The van der Waals surface area contributed by atoms with Gasteiger partial charge in [-0.25, -0.2) is 9.97 Å². The highest BCUT2D eigenvalue weighted by Crippen LogP contribution is 2.31. The van der Waals surface area contributed by atoms with Gasteiger partial charge in [-0.05, 0) is 44.3 Å². The molecule has 3 saturated heterocycles. The molecule has 0 bridgehead atoms. The van der Waals surface area contributed by atoms with Gasteiger partial charge in [-0.2, -0.15) is 5.10 Å². The highest BCUT2D eigenvalue weighted by atomic mass is 16.2. The van der Waals surface area contributed by atoms with Crippen molar-refractivity contribution in [2.75, 3.05) is 50.7 Å². The average Bonchev–Trinajstić information content (AvgIpc) is 3.65. The van der Waals surface area contributed by atoms with Crippen molar-refractivity contribution >= 4 is 22.8 Å². The second-order valence-electron chi connectivity index (χ2n) is 10.4. The van der Waals surface area contributed by atoms with Crippen molar-refractivity contribution in [3.63, 3.8) is 0 Å². The molecule has 0 aliphatic carbocycles. The first-order valence-electron chi connectivity index (χ1n) is 13.3. The van der Waals surface area contributed by atoms with E-state index < -0.39 is 0 Å². The Morgan fingerprint density at radius 3 is 2.42 bits per heavy atom. The maximum absolute atomic E-state index is 13.4. The minimum atomic E-state index is 0.267. The molecule has 0 spiro atoms. The van der Waals surface area contributed by atoms with Gasteiger partial charge in [0.1, 0.15) is 12.1 Å². The van der Waals surface area contributed by atoms with Crippen LogP contribution in [0.15, 0.2) is 42.9 Å². The third kappa shape index (κ3) is 4.57. The van der Waals surface area contributed by atoms with E-state index in [9.17, 15) is 4.79 Å². The molecule has 2 atom stereocenters. The third-order valence-corrected chi connectivity index (χ3v) is 8.28. The summed E-state index contributed by atoms with van der Waals surface area (Å²) in [6, 6.07) is 11.8. The van der Waals surface area contributed by atoms with Crippen molar-refractivity contribution in [3.8, 4) is 0 Å². The van der Waals surface area contributed by atoms with Gasteiger partial charge in [0.15, 0.2) is 5.65 Å². The second kappa shape index (κ2) is 10.1. The Morgan fingerprint density at radius 1 is 0.917 bits per heavy atom. The average molecular weight is 489 g/mol. The largest absolute Gasteiger partial charge is 0.352 e. The summed E-state index contributed by atoms with van der Waals surface area (Å²) in [5, 5.41) is 5.30. The molecule has 2 unspecified atom stereocenters. The van der Waals surface area contributed by atoms with Gasteiger partial charge in [0.2, 0.25) is 5.91 Å². The summed E-state index contributed by atoms with van der Waals surface area (Å²) in [6.45, 7) is 6.77. The van der Waals surface area contributed by atoms with E-state index in [0.29, 0.717) is 18.6 Å². The molecule has 3 aliphatic rings. The van der Waals surface area contributed by atoms with E-state index in [-0.39, 0.29) is 5.91 Å². The summed E-state index contributed by atoms with van der Waals surface area (Å²) in [7, 11) is 1.90. The number of rotatable bonds is 6. The number of carbonyl (C=O) groups excluding carboxylic acids is 1. The molecule has 3 aliphatic heterocycles. The van der Waals surface area contributed by atoms with Crippen molar-refractivity contribution in [1.82, 2.24) is 34.4 Å². The third-order valence-electron chi connectivity index (χ3n) is 8.28. The number of aromatic nitrogens is 4. The Bertz CT molecular complexity index is 1190. The van der Waals surface area contributed by atoms with E-state index >= 15 is 0 Å². The summed E-state index contributed by atoms with van der Waals surface area (Å²) >= 11 is 0. The van der Waals surface area contributed by atoms with Crippen molar-refractivity contribution in [1.29, 1.82) is 0 Å². The van der Waals surface area contributed by atoms with Crippen LogP contribution in [0.4, 0.5) is 5.82 Å². The molecule has 9 heteroatoms. The Kier molecular flexibility index (Phi) is 6.58. The quantitative estimate of drug-likeness (QED) is 0.526. The standard InChI is InChI=1S/C27H36N8O/c1-31-26-22(17-30-31)27(29-20-28-26)33-15-13-32(14-16-33)25(36)19-35-12-6-10-24(35)23-9-5-11-34(23)18-21-7-3-2-4-8-21/h2-4,7-8,17,20,23-24H,5-6,9-16,18-19H2,1H3.